The van der Waals surface area contributed by atoms with Crippen molar-refractivity contribution in [2.75, 3.05) is 6.54 Å². The number of unbranched alkanes of at least 4 members (excludes halogenated alkanes) is 1. The number of hydrogen-bond donors (Lipinski definition) is 0. The van der Waals surface area contributed by atoms with Crippen LogP contribution in [0.25, 0.3) is 0 Å². The summed E-state index contributed by atoms with van der Waals surface area (Å²) >= 11 is 0. The summed E-state index contributed by atoms with van der Waals surface area (Å²) in [5, 5.41) is 0. The molecule has 2 aromatic carbocycles. The standard InChI is InChI=1S/C21H29N/c1-19(2)11-9-10-16-22(17-20-12-5-3-6-13-20)18-21-14-7-4-8-15-21/h3-8,12-15,19H,9-11,16-18H2,1-2H3. The highest BCUT2D eigenvalue weighted by Crippen LogP contribution is 2.13. The Labute approximate surface area is 136 Å². The van der Waals surface area contributed by atoms with Crippen LogP contribution >= 0.6 is 0 Å². The lowest BCUT2D eigenvalue weighted by Crippen LogP contribution is -2.24. The molecule has 0 spiro atoms. The second-order valence-corrected chi connectivity index (χ2v) is 6.57. The molecule has 0 amide bonds. The lowest BCUT2D eigenvalue weighted by Gasteiger charge is -2.23. The van der Waals surface area contributed by atoms with Crippen molar-refractivity contribution in [2.45, 2.75) is 46.2 Å². The van der Waals surface area contributed by atoms with E-state index in [1.807, 2.05) is 0 Å². The molecule has 0 aliphatic heterocycles. The minimum absolute atomic E-state index is 0.816. The molecule has 118 valence electrons. The van der Waals surface area contributed by atoms with Crippen LogP contribution in [0.15, 0.2) is 60.7 Å². The molecular weight excluding hydrogens is 266 g/mol. The van der Waals surface area contributed by atoms with Gasteiger partial charge in [-0.05, 0) is 30.0 Å². The second-order valence-electron chi connectivity index (χ2n) is 6.57. The van der Waals surface area contributed by atoms with Gasteiger partial charge in [-0.15, -0.1) is 0 Å². The summed E-state index contributed by atoms with van der Waals surface area (Å²) in [6.45, 7) is 7.88. The molecule has 0 bridgehead atoms. The van der Waals surface area contributed by atoms with Gasteiger partial charge in [0.15, 0.2) is 0 Å². The Bertz CT molecular complexity index is 462. The minimum Gasteiger partial charge on any atom is -0.295 e. The Morgan fingerprint density at radius 2 is 1.23 bits per heavy atom. The summed E-state index contributed by atoms with van der Waals surface area (Å²) in [4.78, 5) is 2.57. The summed E-state index contributed by atoms with van der Waals surface area (Å²) < 4.78 is 0. The largest absolute Gasteiger partial charge is 0.295 e. The first-order chi connectivity index (χ1) is 10.7. The van der Waals surface area contributed by atoms with Crippen molar-refractivity contribution < 1.29 is 0 Å². The van der Waals surface area contributed by atoms with E-state index in [-0.39, 0.29) is 0 Å². The van der Waals surface area contributed by atoms with Crippen molar-refractivity contribution in [3.63, 3.8) is 0 Å². The highest BCUT2D eigenvalue weighted by molar-refractivity contribution is 5.17. The zero-order chi connectivity index (χ0) is 15.6. The molecule has 0 aromatic heterocycles. The third kappa shape index (κ3) is 6.44. The normalized spacial score (nSPS) is 11.3. The first-order valence-electron chi connectivity index (χ1n) is 8.54. The fourth-order valence-corrected chi connectivity index (χ4v) is 2.79. The van der Waals surface area contributed by atoms with Crippen LogP contribution in [-0.2, 0) is 13.1 Å². The molecule has 0 saturated carbocycles. The van der Waals surface area contributed by atoms with Gasteiger partial charge in [-0.3, -0.25) is 4.90 Å². The summed E-state index contributed by atoms with van der Waals surface area (Å²) in [6, 6.07) is 21.6. The summed E-state index contributed by atoms with van der Waals surface area (Å²) in [7, 11) is 0. The molecule has 22 heavy (non-hydrogen) atoms. The quantitative estimate of drug-likeness (QED) is 0.551. The Kier molecular flexibility index (Phi) is 7.18. The van der Waals surface area contributed by atoms with E-state index in [2.05, 4.69) is 79.4 Å². The van der Waals surface area contributed by atoms with Gasteiger partial charge in [-0.1, -0.05) is 87.4 Å². The van der Waals surface area contributed by atoms with Gasteiger partial charge in [0.05, 0.1) is 0 Å². The zero-order valence-corrected chi connectivity index (χ0v) is 14.0. The van der Waals surface area contributed by atoms with E-state index in [0.29, 0.717) is 0 Å². The number of benzene rings is 2. The van der Waals surface area contributed by atoms with Crippen LogP contribution in [0.3, 0.4) is 0 Å². The van der Waals surface area contributed by atoms with Crippen molar-refractivity contribution in [3.05, 3.63) is 71.8 Å². The number of rotatable bonds is 9. The molecule has 0 N–H and O–H groups in total. The Balaban J connectivity index is 1.91. The summed E-state index contributed by atoms with van der Waals surface area (Å²) in [5.74, 6) is 0.816. The van der Waals surface area contributed by atoms with Gasteiger partial charge in [-0.25, -0.2) is 0 Å². The average Bonchev–Trinajstić information content (AvgIpc) is 2.53. The van der Waals surface area contributed by atoms with Crippen LogP contribution in [0.2, 0.25) is 0 Å². The maximum atomic E-state index is 2.57. The molecule has 0 saturated heterocycles. The zero-order valence-electron chi connectivity index (χ0n) is 14.0. The molecule has 0 aliphatic carbocycles. The highest BCUT2D eigenvalue weighted by Gasteiger charge is 2.07. The van der Waals surface area contributed by atoms with Crippen LogP contribution in [0.1, 0.15) is 44.2 Å². The van der Waals surface area contributed by atoms with Gasteiger partial charge in [-0.2, -0.15) is 0 Å². The monoisotopic (exact) mass is 295 g/mol. The van der Waals surface area contributed by atoms with E-state index >= 15 is 0 Å². The van der Waals surface area contributed by atoms with Crippen molar-refractivity contribution in [2.24, 2.45) is 5.92 Å². The fraction of sp³-hybridized carbons (Fsp3) is 0.429. The van der Waals surface area contributed by atoms with E-state index in [1.165, 1.54) is 36.9 Å². The van der Waals surface area contributed by atoms with Gasteiger partial charge in [0, 0.05) is 13.1 Å². The van der Waals surface area contributed by atoms with Crippen molar-refractivity contribution in [3.8, 4) is 0 Å². The Morgan fingerprint density at radius 1 is 0.727 bits per heavy atom. The lowest BCUT2D eigenvalue weighted by atomic mass is 10.1. The van der Waals surface area contributed by atoms with Crippen LogP contribution in [-0.4, -0.2) is 11.4 Å². The summed E-state index contributed by atoms with van der Waals surface area (Å²) in [5.41, 5.74) is 2.81. The molecule has 2 aromatic rings. The van der Waals surface area contributed by atoms with Gasteiger partial charge in [0.25, 0.3) is 0 Å². The van der Waals surface area contributed by atoms with E-state index in [4.69, 9.17) is 0 Å². The number of nitrogens with zero attached hydrogens (tertiary/aromatic N) is 1. The van der Waals surface area contributed by atoms with Crippen molar-refractivity contribution in [1.29, 1.82) is 0 Å². The Hall–Kier alpha value is -1.60. The third-order valence-electron chi connectivity index (χ3n) is 4.00. The first-order valence-corrected chi connectivity index (χ1v) is 8.54. The van der Waals surface area contributed by atoms with Crippen molar-refractivity contribution in [1.82, 2.24) is 4.90 Å². The molecule has 0 atom stereocenters. The van der Waals surface area contributed by atoms with Crippen molar-refractivity contribution >= 4 is 0 Å². The smallest absolute Gasteiger partial charge is 0.0237 e. The molecule has 0 radical (unpaired) electrons. The van der Waals surface area contributed by atoms with E-state index in [9.17, 15) is 0 Å². The third-order valence-corrected chi connectivity index (χ3v) is 4.00. The van der Waals surface area contributed by atoms with E-state index < -0.39 is 0 Å². The molecule has 2 rings (SSSR count). The fourth-order valence-electron chi connectivity index (χ4n) is 2.79. The molecule has 0 fully saturated rings. The number of hydrogen-bond acceptors (Lipinski definition) is 1. The second kappa shape index (κ2) is 9.42. The average molecular weight is 295 g/mol. The summed E-state index contributed by atoms with van der Waals surface area (Å²) in [6.07, 6.45) is 3.96. The molecule has 1 nitrogen and oxygen atoms in total. The molecule has 0 heterocycles. The van der Waals surface area contributed by atoms with Gasteiger partial charge in [0.2, 0.25) is 0 Å². The van der Waals surface area contributed by atoms with Gasteiger partial charge in [0.1, 0.15) is 0 Å². The minimum atomic E-state index is 0.816. The predicted octanol–water partition coefficient (Wildman–Crippen LogP) is 5.52. The maximum Gasteiger partial charge on any atom is 0.0237 e. The highest BCUT2D eigenvalue weighted by atomic mass is 15.1. The van der Waals surface area contributed by atoms with Crippen LogP contribution in [0.5, 0.6) is 0 Å². The van der Waals surface area contributed by atoms with Crippen LogP contribution in [0, 0.1) is 5.92 Å². The van der Waals surface area contributed by atoms with Gasteiger partial charge < -0.3 is 0 Å². The topological polar surface area (TPSA) is 3.24 Å². The molecule has 1 heteroatoms. The first kappa shape index (κ1) is 16.8. The lowest BCUT2D eigenvalue weighted by molar-refractivity contribution is 0.248. The molecule has 0 unspecified atom stereocenters. The maximum absolute atomic E-state index is 2.57. The van der Waals surface area contributed by atoms with E-state index in [1.54, 1.807) is 0 Å². The SMILES string of the molecule is CC(C)CCCCN(Cc1ccccc1)Cc1ccccc1. The van der Waals surface area contributed by atoms with Crippen LogP contribution < -0.4 is 0 Å². The van der Waals surface area contributed by atoms with Crippen LogP contribution in [0.4, 0.5) is 0 Å². The van der Waals surface area contributed by atoms with E-state index in [0.717, 1.165) is 19.0 Å². The molecule has 0 aliphatic rings. The Morgan fingerprint density at radius 3 is 1.68 bits per heavy atom. The van der Waals surface area contributed by atoms with Gasteiger partial charge >= 0.3 is 0 Å². The molecular formula is C21H29N. The predicted molar refractivity (Wildman–Crippen MR) is 95.7 cm³/mol.